The molecular formula is C16H22N2O3. The molecule has 0 bridgehead atoms. The number of nitrogens with two attached hydrogens (primary N) is 1. The standard InChI is InChI=1S/C16H22N2O3/c1-10-8-11(16(20)21)6-7-14(10)18-15(19)13-5-3-2-4-12(13)9-17/h6-8,12-13H,2-5,9,17H2,1H3,(H,18,19)(H,20,21). The molecule has 1 saturated carbocycles. The summed E-state index contributed by atoms with van der Waals surface area (Å²) in [6.07, 6.45) is 4.08. The lowest BCUT2D eigenvalue weighted by atomic mass is 9.78. The molecule has 0 heterocycles. The highest BCUT2D eigenvalue weighted by Gasteiger charge is 2.30. The molecule has 0 radical (unpaired) electrons. The molecule has 2 rings (SSSR count). The second-order valence-electron chi connectivity index (χ2n) is 5.71. The van der Waals surface area contributed by atoms with Crippen molar-refractivity contribution < 1.29 is 14.7 Å². The van der Waals surface area contributed by atoms with Gasteiger partial charge in [0.25, 0.3) is 0 Å². The largest absolute Gasteiger partial charge is 0.478 e. The highest BCUT2D eigenvalue weighted by Crippen LogP contribution is 2.30. The van der Waals surface area contributed by atoms with Gasteiger partial charge in [-0.1, -0.05) is 12.8 Å². The third-order valence-electron chi connectivity index (χ3n) is 4.28. The number of anilines is 1. The molecule has 21 heavy (non-hydrogen) atoms. The Morgan fingerprint density at radius 2 is 2.05 bits per heavy atom. The molecule has 2 unspecified atom stereocenters. The predicted molar refractivity (Wildman–Crippen MR) is 81.3 cm³/mol. The lowest BCUT2D eigenvalue weighted by Gasteiger charge is -2.29. The molecule has 1 aromatic carbocycles. The Kier molecular flexibility index (Phi) is 4.96. The van der Waals surface area contributed by atoms with Crippen LogP contribution in [-0.2, 0) is 4.79 Å². The smallest absolute Gasteiger partial charge is 0.335 e. The summed E-state index contributed by atoms with van der Waals surface area (Å²) in [5, 5.41) is 11.9. The summed E-state index contributed by atoms with van der Waals surface area (Å²) in [7, 11) is 0. The molecule has 1 fully saturated rings. The van der Waals surface area contributed by atoms with Crippen LogP contribution in [-0.4, -0.2) is 23.5 Å². The van der Waals surface area contributed by atoms with Crippen molar-refractivity contribution in [3.8, 4) is 0 Å². The molecule has 0 aromatic heterocycles. The van der Waals surface area contributed by atoms with E-state index in [4.69, 9.17) is 10.8 Å². The number of carboxylic acid groups (broad SMARTS) is 1. The van der Waals surface area contributed by atoms with Crippen LogP contribution < -0.4 is 11.1 Å². The number of carboxylic acids is 1. The van der Waals surface area contributed by atoms with Crippen LogP contribution in [0.3, 0.4) is 0 Å². The molecule has 0 aliphatic heterocycles. The second-order valence-corrected chi connectivity index (χ2v) is 5.71. The summed E-state index contributed by atoms with van der Waals surface area (Å²) in [5.74, 6) is -0.762. The van der Waals surface area contributed by atoms with E-state index in [1.165, 1.54) is 6.07 Å². The van der Waals surface area contributed by atoms with Crippen molar-refractivity contribution in [2.45, 2.75) is 32.6 Å². The minimum atomic E-state index is -0.966. The Hall–Kier alpha value is -1.88. The van der Waals surface area contributed by atoms with Gasteiger partial charge >= 0.3 is 5.97 Å². The van der Waals surface area contributed by atoms with Gasteiger partial charge in [-0.3, -0.25) is 4.79 Å². The van der Waals surface area contributed by atoms with E-state index in [1.807, 2.05) is 0 Å². The molecule has 4 N–H and O–H groups in total. The van der Waals surface area contributed by atoms with Gasteiger partial charge in [-0.25, -0.2) is 4.79 Å². The second kappa shape index (κ2) is 6.72. The van der Waals surface area contributed by atoms with Gasteiger partial charge in [-0.05, 0) is 56.0 Å². The number of nitrogens with one attached hydrogen (secondary N) is 1. The van der Waals surface area contributed by atoms with Crippen LogP contribution in [0.4, 0.5) is 5.69 Å². The van der Waals surface area contributed by atoms with Crippen LogP contribution >= 0.6 is 0 Å². The fourth-order valence-electron chi connectivity index (χ4n) is 3.00. The van der Waals surface area contributed by atoms with Gasteiger partial charge in [0.05, 0.1) is 5.56 Å². The van der Waals surface area contributed by atoms with Gasteiger partial charge in [0.2, 0.25) is 5.91 Å². The van der Waals surface area contributed by atoms with Crippen LogP contribution in [0.15, 0.2) is 18.2 Å². The molecule has 5 nitrogen and oxygen atoms in total. The zero-order chi connectivity index (χ0) is 15.4. The average molecular weight is 290 g/mol. The van der Waals surface area contributed by atoms with Gasteiger partial charge in [-0.2, -0.15) is 0 Å². The van der Waals surface area contributed by atoms with Crippen molar-refractivity contribution in [3.63, 3.8) is 0 Å². The van der Waals surface area contributed by atoms with Crippen LogP contribution in [0.5, 0.6) is 0 Å². The van der Waals surface area contributed by atoms with Crippen LogP contribution in [0.1, 0.15) is 41.6 Å². The highest BCUT2D eigenvalue weighted by atomic mass is 16.4. The van der Waals surface area contributed by atoms with Crippen molar-refractivity contribution in [3.05, 3.63) is 29.3 Å². The number of amides is 1. The summed E-state index contributed by atoms with van der Waals surface area (Å²) in [6, 6.07) is 4.72. The number of aromatic carboxylic acids is 1. The maximum Gasteiger partial charge on any atom is 0.335 e. The number of rotatable bonds is 4. The van der Waals surface area contributed by atoms with Gasteiger partial charge < -0.3 is 16.2 Å². The number of carbonyl (C=O) groups is 2. The van der Waals surface area contributed by atoms with Crippen LogP contribution in [0.2, 0.25) is 0 Å². The van der Waals surface area contributed by atoms with Crippen LogP contribution in [0.25, 0.3) is 0 Å². The summed E-state index contributed by atoms with van der Waals surface area (Å²) < 4.78 is 0. The fraction of sp³-hybridized carbons (Fsp3) is 0.500. The number of hydrogen-bond acceptors (Lipinski definition) is 3. The van der Waals surface area contributed by atoms with Gasteiger partial charge in [0, 0.05) is 11.6 Å². The molecule has 2 atom stereocenters. The lowest BCUT2D eigenvalue weighted by molar-refractivity contribution is -0.122. The van der Waals surface area contributed by atoms with Gasteiger partial charge in [0.1, 0.15) is 0 Å². The Balaban J connectivity index is 2.10. The molecule has 0 saturated heterocycles. The predicted octanol–water partition coefficient (Wildman–Crippen LogP) is 2.40. The third-order valence-corrected chi connectivity index (χ3v) is 4.28. The Bertz CT molecular complexity index is 542. The molecule has 0 spiro atoms. The van der Waals surface area contributed by atoms with E-state index < -0.39 is 5.97 Å². The summed E-state index contributed by atoms with van der Waals surface area (Å²) in [4.78, 5) is 23.3. The Morgan fingerprint density at radius 1 is 1.33 bits per heavy atom. The van der Waals surface area contributed by atoms with Crippen molar-refractivity contribution in [2.24, 2.45) is 17.6 Å². The monoisotopic (exact) mass is 290 g/mol. The number of aryl methyl sites for hydroxylation is 1. The summed E-state index contributed by atoms with van der Waals surface area (Å²) in [5.41, 5.74) is 7.41. The first-order chi connectivity index (χ1) is 10.0. The molecule has 1 aliphatic carbocycles. The van der Waals surface area contributed by atoms with Crippen molar-refractivity contribution in [1.29, 1.82) is 0 Å². The highest BCUT2D eigenvalue weighted by molar-refractivity contribution is 5.95. The van der Waals surface area contributed by atoms with E-state index in [0.717, 1.165) is 31.2 Å². The van der Waals surface area contributed by atoms with E-state index in [9.17, 15) is 9.59 Å². The first kappa shape index (κ1) is 15.5. The van der Waals surface area contributed by atoms with E-state index in [-0.39, 0.29) is 23.3 Å². The number of benzene rings is 1. The minimum Gasteiger partial charge on any atom is -0.478 e. The zero-order valence-electron chi connectivity index (χ0n) is 12.3. The molecule has 1 amide bonds. The SMILES string of the molecule is Cc1cc(C(=O)O)ccc1NC(=O)C1CCCCC1CN. The zero-order valence-corrected chi connectivity index (χ0v) is 12.3. The fourth-order valence-corrected chi connectivity index (χ4v) is 3.00. The average Bonchev–Trinajstić information content (AvgIpc) is 2.48. The normalized spacial score (nSPS) is 21.8. The molecule has 1 aliphatic rings. The van der Waals surface area contributed by atoms with Crippen molar-refractivity contribution >= 4 is 17.6 Å². The van der Waals surface area contributed by atoms with E-state index in [2.05, 4.69) is 5.32 Å². The Morgan fingerprint density at radius 3 is 2.67 bits per heavy atom. The minimum absolute atomic E-state index is 0.00340. The number of hydrogen-bond donors (Lipinski definition) is 3. The van der Waals surface area contributed by atoms with E-state index in [0.29, 0.717) is 12.2 Å². The van der Waals surface area contributed by atoms with Crippen molar-refractivity contribution in [1.82, 2.24) is 0 Å². The summed E-state index contributed by atoms with van der Waals surface area (Å²) in [6.45, 7) is 2.33. The maximum atomic E-state index is 12.4. The van der Waals surface area contributed by atoms with E-state index >= 15 is 0 Å². The van der Waals surface area contributed by atoms with Crippen LogP contribution in [0, 0.1) is 18.8 Å². The Labute approximate surface area is 124 Å². The maximum absolute atomic E-state index is 12.4. The first-order valence-electron chi connectivity index (χ1n) is 7.37. The molecule has 1 aromatic rings. The lowest BCUT2D eigenvalue weighted by Crippen LogP contribution is -2.35. The first-order valence-corrected chi connectivity index (χ1v) is 7.37. The van der Waals surface area contributed by atoms with E-state index in [1.54, 1.807) is 19.1 Å². The van der Waals surface area contributed by atoms with Gasteiger partial charge in [0.15, 0.2) is 0 Å². The summed E-state index contributed by atoms with van der Waals surface area (Å²) >= 11 is 0. The quantitative estimate of drug-likeness (QED) is 0.794. The molecule has 5 heteroatoms. The molecule has 114 valence electrons. The van der Waals surface area contributed by atoms with Gasteiger partial charge in [-0.15, -0.1) is 0 Å². The third kappa shape index (κ3) is 3.61. The topological polar surface area (TPSA) is 92.4 Å². The van der Waals surface area contributed by atoms with Crippen molar-refractivity contribution in [2.75, 3.05) is 11.9 Å². The number of carbonyl (C=O) groups excluding carboxylic acids is 1. The molecular weight excluding hydrogens is 268 g/mol.